The van der Waals surface area contributed by atoms with E-state index in [1.807, 2.05) is 0 Å². The van der Waals surface area contributed by atoms with Crippen molar-refractivity contribution in [3.05, 3.63) is 12.2 Å². The average molecular weight is 396 g/mol. The first kappa shape index (κ1) is 21.5. The van der Waals surface area contributed by atoms with Crippen molar-refractivity contribution in [2.75, 3.05) is 26.7 Å². The van der Waals surface area contributed by atoms with Gasteiger partial charge in [0, 0.05) is 38.6 Å². The Kier molecular flexibility index (Phi) is 7.27. The molecule has 2 N–H and O–H groups in total. The zero-order valence-electron chi connectivity index (χ0n) is 15.6. The zero-order valence-corrected chi connectivity index (χ0v) is 15.6. The number of carboxylic acid groups (broad SMARTS) is 2. The number of imide groups is 1. The van der Waals surface area contributed by atoms with Gasteiger partial charge in [-0.2, -0.15) is 0 Å². The zero-order chi connectivity index (χ0) is 20.8. The van der Waals surface area contributed by atoms with Crippen molar-refractivity contribution in [2.45, 2.75) is 31.8 Å². The molecule has 2 amide bonds. The minimum Gasteiger partial charge on any atom is -0.478 e. The van der Waals surface area contributed by atoms with Gasteiger partial charge in [-0.1, -0.05) is 0 Å². The van der Waals surface area contributed by atoms with Crippen LogP contribution in [0.3, 0.4) is 0 Å². The maximum atomic E-state index is 12.2. The van der Waals surface area contributed by atoms with Gasteiger partial charge in [-0.3, -0.25) is 24.2 Å². The molecule has 4 aliphatic rings. The van der Waals surface area contributed by atoms with Gasteiger partial charge in [-0.25, -0.2) is 9.59 Å². The summed E-state index contributed by atoms with van der Waals surface area (Å²) in [6.07, 6.45) is 3.37. The van der Waals surface area contributed by atoms with E-state index in [4.69, 9.17) is 14.9 Å². The molecule has 0 aromatic heterocycles. The third-order valence-electron chi connectivity index (χ3n) is 5.16. The number of carbonyl (C=O) groups is 5. The Morgan fingerprint density at radius 3 is 1.89 bits per heavy atom. The Balaban J connectivity index is 0.000000300. The summed E-state index contributed by atoms with van der Waals surface area (Å²) in [5.41, 5.74) is 0. The fourth-order valence-corrected chi connectivity index (χ4v) is 3.51. The van der Waals surface area contributed by atoms with Gasteiger partial charge < -0.3 is 14.9 Å². The van der Waals surface area contributed by atoms with Gasteiger partial charge in [0.05, 0.1) is 5.92 Å². The molecule has 2 bridgehead atoms. The number of carboxylic acids is 2. The maximum absolute atomic E-state index is 12.2. The molecular formula is C18H24N2O8. The molecule has 1 unspecified atom stereocenters. The van der Waals surface area contributed by atoms with Crippen molar-refractivity contribution in [1.29, 1.82) is 0 Å². The molecule has 4 heterocycles. The molecule has 28 heavy (non-hydrogen) atoms. The minimum absolute atomic E-state index is 0.0603. The number of aliphatic carboxylic acids is 2. The largest absolute Gasteiger partial charge is 0.478 e. The predicted molar refractivity (Wildman–Crippen MR) is 94.0 cm³/mol. The van der Waals surface area contributed by atoms with E-state index in [0.717, 1.165) is 37.4 Å². The quantitative estimate of drug-likeness (QED) is 0.373. The summed E-state index contributed by atoms with van der Waals surface area (Å²) in [6, 6.07) is 0. The van der Waals surface area contributed by atoms with Crippen molar-refractivity contribution in [3.8, 4) is 0 Å². The molecule has 154 valence electrons. The number of amides is 2. The van der Waals surface area contributed by atoms with Crippen molar-refractivity contribution in [3.63, 3.8) is 0 Å². The smallest absolute Gasteiger partial charge is 0.328 e. The van der Waals surface area contributed by atoms with Gasteiger partial charge in [0.2, 0.25) is 11.8 Å². The molecule has 0 spiro atoms. The monoisotopic (exact) mass is 396 g/mol. The fourth-order valence-electron chi connectivity index (χ4n) is 3.51. The van der Waals surface area contributed by atoms with Gasteiger partial charge in [0.15, 0.2) is 0 Å². The number of carbonyl (C=O) groups excluding carboxylic acids is 3. The molecule has 4 fully saturated rings. The Bertz CT molecular complexity index is 647. The number of nitrogens with zero attached hydrogens (tertiary/aromatic N) is 2. The number of hydrogen-bond donors (Lipinski definition) is 2. The van der Waals surface area contributed by atoms with Crippen LogP contribution >= 0.6 is 0 Å². The summed E-state index contributed by atoms with van der Waals surface area (Å²) in [7, 11) is 1.46. The second kappa shape index (κ2) is 9.45. The molecule has 4 saturated heterocycles. The summed E-state index contributed by atoms with van der Waals surface area (Å²) in [4.78, 5) is 57.9. The van der Waals surface area contributed by atoms with Crippen LogP contribution in [0.1, 0.15) is 25.7 Å². The van der Waals surface area contributed by atoms with E-state index in [1.165, 1.54) is 7.05 Å². The van der Waals surface area contributed by atoms with E-state index in [2.05, 4.69) is 4.90 Å². The Morgan fingerprint density at radius 1 is 1.00 bits per heavy atom. The second-order valence-corrected chi connectivity index (χ2v) is 7.07. The molecule has 0 aromatic rings. The molecule has 0 aromatic carbocycles. The lowest BCUT2D eigenvalue weighted by Gasteiger charge is -2.44. The molecule has 10 heteroatoms. The van der Waals surface area contributed by atoms with Crippen molar-refractivity contribution >= 4 is 29.7 Å². The number of rotatable bonds is 4. The average Bonchev–Trinajstić information content (AvgIpc) is 2.65. The topological polar surface area (TPSA) is 142 Å². The molecule has 4 rings (SSSR count). The van der Waals surface area contributed by atoms with Crippen molar-refractivity contribution in [2.24, 2.45) is 11.8 Å². The highest BCUT2D eigenvalue weighted by molar-refractivity contribution is 6.01. The SMILES string of the molecule is CN1C(=O)CC(C(=O)OC2CN3CCC2CC3)CC1=O.O=C(O)C=CC(=O)O. The van der Waals surface area contributed by atoms with Gasteiger partial charge in [-0.05, 0) is 31.8 Å². The number of fused-ring (bicyclic) bond motifs is 3. The van der Waals surface area contributed by atoms with Crippen molar-refractivity contribution < 1.29 is 38.9 Å². The summed E-state index contributed by atoms with van der Waals surface area (Å²) in [5, 5.41) is 15.6. The third kappa shape index (κ3) is 5.88. The normalized spacial score (nSPS) is 27.3. The molecular weight excluding hydrogens is 372 g/mol. The lowest BCUT2D eigenvalue weighted by molar-refractivity contribution is -0.170. The first-order chi connectivity index (χ1) is 13.2. The van der Waals surface area contributed by atoms with Crippen molar-refractivity contribution in [1.82, 2.24) is 9.80 Å². The van der Waals surface area contributed by atoms with Crippen LogP contribution in [0.2, 0.25) is 0 Å². The highest BCUT2D eigenvalue weighted by Crippen LogP contribution is 2.31. The lowest BCUT2D eigenvalue weighted by atomic mass is 9.85. The van der Waals surface area contributed by atoms with E-state index in [-0.39, 0.29) is 36.7 Å². The Labute approximate surface area is 161 Å². The van der Waals surface area contributed by atoms with E-state index < -0.39 is 17.9 Å². The minimum atomic E-state index is -1.26. The number of likely N-dealkylation sites (tertiary alicyclic amines) is 1. The van der Waals surface area contributed by atoms with Crippen LogP contribution in [-0.2, 0) is 28.7 Å². The molecule has 0 radical (unpaired) electrons. The predicted octanol–water partition coefficient (Wildman–Crippen LogP) is -0.269. The van der Waals surface area contributed by atoms with Crippen LogP contribution in [0.5, 0.6) is 0 Å². The summed E-state index contributed by atoms with van der Waals surface area (Å²) in [5.74, 6) is -3.63. The summed E-state index contributed by atoms with van der Waals surface area (Å²) >= 11 is 0. The first-order valence-electron chi connectivity index (χ1n) is 9.03. The van der Waals surface area contributed by atoms with Gasteiger partial charge in [0.1, 0.15) is 6.10 Å². The maximum Gasteiger partial charge on any atom is 0.328 e. The lowest BCUT2D eigenvalue weighted by Crippen LogP contribution is -2.52. The number of piperidine rings is 4. The van der Waals surface area contributed by atoms with Crippen LogP contribution in [0.25, 0.3) is 0 Å². The number of esters is 1. The van der Waals surface area contributed by atoms with E-state index in [0.29, 0.717) is 18.1 Å². The third-order valence-corrected chi connectivity index (χ3v) is 5.16. The van der Waals surface area contributed by atoms with Crippen LogP contribution in [0.4, 0.5) is 0 Å². The Hall–Kier alpha value is -2.75. The van der Waals surface area contributed by atoms with Gasteiger partial charge in [0.25, 0.3) is 0 Å². The van der Waals surface area contributed by atoms with Crippen LogP contribution < -0.4 is 0 Å². The first-order valence-corrected chi connectivity index (χ1v) is 9.03. The fraction of sp³-hybridized carbons (Fsp3) is 0.611. The number of ether oxygens (including phenoxy) is 1. The standard InChI is InChI=1S/C14H20N2O4.C4H4O4/c1-15-12(17)6-10(7-13(15)18)14(19)20-11-8-16-4-2-9(11)3-5-16;5-3(6)1-2-4(7)8/h9-11H,2-8H2,1H3;1-2H,(H,5,6)(H,7,8). The number of hydrogen-bond acceptors (Lipinski definition) is 7. The van der Waals surface area contributed by atoms with E-state index in [1.54, 1.807) is 0 Å². The molecule has 1 atom stereocenters. The molecule has 0 saturated carbocycles. The summed E-state index contributed by atoms with van der Waals surface area (Å²) < 4.78 is 5.59. The molecule has 10 nitrogen and oxygen atoms in total. The second-order valence-electron chi connectivity index (χ2n) is 7.07. The van der Waals surface area contributed by atoms with Gasteiger partial charge >= 0.3 is 17.9 Å². The van der Waals surface area contributed by atoms with E-state index in [9.17, 15) is 24.0 Å². The van der Waals surface area contributed by atoms with Crippen LogP contribution in [-0.4, -0.2) is 82.5 Å². The highest BCUT2D eigenvalue weighted by atomic mass is 16.5. The van der Waals surface area contributed by atoms with E-state index >= 15 is 0 Å². The van der Waals surface area contributed by atoms with Crippen LogP contribution in [0.15, 0.2) is 12.2 Å². The van der Waals surface area contributed by atoms with Crippen LogP contribution in [0, 0.1) is 11.8 Å². The van der Waals surface area contributed by atoms with Gasteiger partial charge in [-0.15, -0.1) is 0 Å². The summed E-state index contributed by atoms with van der Waals surface area (Å²) in [6.45, 7) is 2.97. The Morgan fingerprint density at radius 2 is 1.50 bits per heavy atom. The molecule has 0 aliphatic carbocycles. The highest BCUT2D eigenvalue weighted by Gasteiger charge is 2.40. The molecule has 4 aliphatic heterocycles.